The van der Waals surface area contributed by atoms with Gasteiger partial charge in [0.15, 0.2) is 5.11 Å². The van der Waals surface area contributed by atoms with Crippen LogP contribution in [0.15, 0.2) is 30.3 Å². The number of halogens is 1. The summed E-state index contributed by atoms with van der Waals surface area (Å²) in [4.78, 5) is 14.2. The Morgan fingerprint density at radius 2 is 2.04 bits per heavy atom. The maximum atomic E-state index is 12.9. The van der Waals surface area contributed by atoms with Crippen LogP contribution in [0.3, 0.4) is 0 Å². The van der Waals surface area contributed by atoms with Gasteiger partial charge in [0.2, 0.25) is 0 Å². The number of thiocarbonyl (C=S) groups is 1. The van der Waals surface area contributed by atoms with Crippen molar-refractivity contribution in [2.24, 2.45) is 5.92 Å². The lowest BCUT2D eigenvalue weighted by atomic mass is 9.90. The molecule has 0 saturated carbocycles. The van der Waals surface area contributed by atoms with E-state index >= 15 is 0 Å². The van der Waals surface area contributed by atoms with Crippen molar-refractivity contribution >= 4 is 40.3 Å². The zero-order chi connectivity index (χ0) is 17.1. The molecule has 0 fully saturated rings. The van der Waals surface area contributed by atoms with E-state index in [2.05, 4.69) is 23.1 Å². The molecule has 0 aliphatic heterocycles. The van der Waals surface area contributed by atoms with E-state index in [1.165, 1.54) is 29.0 Å². The Labute approximate surface area is 149 Å². The minimum absolute atomic E-state index is 0.203. The van der Waals surface area contributed by atoms with Crippen LogP contribution in [0.1, 0.15) is 33.5 Å². The number of benzene rings is 1. The summed E-state index contributed by atoms with van der Waals surface area (Å²) in [6.45, 7) is 2.24. The quantitative estimate of drug-likeness (QED) is 0.563. The van der Waals surface area contributed by atoms with Gasteiger partial charge in [0.1, 0.15) is 5.82 Å². The van der Waals surface area contributed by atoms with Gasteiger partial charge in [-0.2, -0.15) is 0 Å². The predicted octanol–water partition coefficient (Wildman–Crippen LogP) is 3.64. The van der Waals surface area contributed by atoms with Crippen LogP contribution in [0, 0.1) is 11.7 Å². The first-order valence-electron chi connectivity index (χ1n) is 7.76. The lowest BCUT2D eigenvalue weighted by molar-refractivity contribution is 0.0948. The van der Waals surface area contributed by atoms with Crippen LogP contribution in [-0.2, 0) is 12.8 Å². The molecule has 1 atom stereocenters. The Morgan fingerprint density at radius 3 is 2.79 bits per heavy atom. The van der Waals surface area contributed by atoms with Gasteiger partial charge in [0.05, 0.1) is 4.88 Å². The number of aryl methyl sites for hydroxylation is 1. The molecule has 1 aliphatic carbocycles. The summed E-state index contributed by atoms with van der Waals surface area (Å²) in [5, 5.41) is 3.11. The van der Waals surface area contributed by atoms with Crippen LogP contribution >= 0.6 is 23.6 Å². The molecule has 4 nitrogen and oxygen atoms in total. The minimum Gasteiger partial charge on any atom is -0.331 e. The Hall–Kier alpha value is -1.99. The number of amides is 1. The summed E-state index contributed by atoms with van der Waals surface area (Å²) < 4.78 is 12.9. The number of anilines is 1. The molecule has 3 rings (SSSR count). The van der Waals surface area contributed by atoms with Crippen LogP contribution in [0.25, 0.3) is 0 Å². The van der Waals surface area contributed by atoms with Crippen molar-refractivity contribution in [3.63, 3.8) is 0 Å². The maximum Gasteiger partial charge on any atom is 0.279 e. The molecular formula is C17H18FN3OS2. The Balaban J connectivity index is 1.53. The Morgan fingerprint density at radius 1 is 1.29 bits per heavy atom. The number of hydrogen-bond donors (Lipinski definition) is 3. The first-order chi connectivity index (χ1) is 11.5. The van der Waals surface area contributed by atoms with E-state index in [4.69, 9.17) is 12.2 Å². The van der Waals surface area contributed by atoms with Gasteiger partial charge in [-0.15, -0.1) is 11.3 Å². The van der Waals surface area contributed by atoms with Gasteiger partial charge in [0.25, 0.3) is 5.91 Å². The fourth-order valence-electron chi connectivity index (χ4n) is 2.69. The molecule has 1 aliphatic rings. The average molecular weight is 363 g/mol. The van der Waals surface area contributed by atoms with Crippen LogP contribution in [0.5, 0.6) is 0 Å². The maximum absolute atomic E-state index is 12.9. The summed E-state index contributed by atoms with van der Waals surface area (Å²) in [5.74, 6) is 0.155. The molecule has 0 unspecified atom stereocenters. The van der Waals surface area contributed by atoms with Crippen molar-refractivity contribution in [3.8, 4) is 0 Å². The normalized spacial score (nSPS) is 16.2. The van der Waals surface area contributed by atoms with E-state index in [0.29, 0.717) is 16.5 Å². The monoisotopic (exact) mass is 363 g/mol. The number of carbonyl (C=O) groups excluding carboxylic acids is 1. The third-order valence-corrected chi connectivity index (χ3v) is 5.38. The van der Waals surface area contributed by atoms with Crippen LogP contribution in [-0.4, -0.2) is 11.0 Å². The number of hydrazine groups is 1. The molecule has 1 amide bonds. The molecule has 2 aromatic rings. The summed E-state index contributed by atoms with van der Waals surface area (Å²) in [7, 11) is 0. The van der Waals surface area contributed by atoms with Crippen molar-refractivity contribution in [3.05, 3.63) is 51.5 Å². The van der Waals surface area contributed by atoms with Gasteiger partial charge in [-0.1, -0.05) is 6.92 Å². The summed E-state index contributed by atoms with van der Waals surface area (Å²) >= 11 is 6.66. The molecular weight excluding hydrogens is 345 g/mol. The number of hydrogen-bond acceptors (Lipinski definition) is 3. The van der Waals surface area contributed by atoms with Crippen molar-refractivity contribution < 1.29 is 9.18 Å². The van der Waals surface area contributed by atoms with Crippen molar-refractivity contribution in [2.45, 2.75) is 26.2 Å². The van der Waals surface area contributed by atoms with Crippen molar-refractivity contribution in [2.75, 3.05) is 5.32 Å². The molecule has 0 spiro atoms. The number of nitrogens with one attached hydrogen (secondary N) is 3. The van der Waals surface area contributed by atoms with E-state index < -0.39 is 0 Å². The highest BCUT2D eigenvalue weighted by Gasteiger charge is 2.20. The van der Waals surface area contributed by atoms with Crippen molar-refractivity contribution in [1.82, 2.24) is 10.9 Å². The average Bonchev–Trinajstić information content (AvgIpc) is 2.98. The van der Waals surface area contributed by atoms with Crippen LogP contribution in [0.2, 0.25) is 0 Å². The highest BCUT2D eigenvalue weighted by Crippen LogP contribution is 2.32. The molecule has 0 radical (unpaired) electrons. The molecule has 0 bridgehead atoms. The molecule has 1 aromatic heterocycles. The molecule has 126 valence electrons. The molecule has 7 heteroatoms. The molecule has 24 heavy (non-hydrogen) atoms. The fraction of sp³-hybridized carbons (Fsp3) is 0.294. The number of rotatable bonds is 2. The molecule has 1 heterocycles. The third-order valence-electron chi connectivity index (χ3n) is 3.94. The third kappa shape index (κ3) is 4.10. The van der Waals surface area contributed by atoms with E-state index in [1.807, 2.05) is 6.07 Å². The number of fused-ring (bicyclic) bond motifs is 1. The first-order valence-corrected chi connectivity index (χ1v) is 8.98. The summed E-state index contributed by atoms with van der Waals surface area (Å²) in [5.41, 5.74) is 7.19. The fourth-order valence-corrected chi connectivity index (χ4v) is 3.96. The topological polar surface area (TPSA) is 53.2 Å². The zero-order valence-electron chi connectivity index (χ0n) is 13.2. The van der Waals surface area contributed by atoms with E-state index in [-0.39, 0.29) is 16.8 Å². The molecule has 1 aromatic carbocycles. The lowest BCUT2D eigenvalue weighted by Crippen LogP contribution is -2.43. The summed E-state index contributed by atoms with van der Waals surface area (Å²) in [6.07, 6.45) is 3.27. The zero-order valence-corrected chi connectivity index (χ0v) is 14.8. The predicted molar refractivity (Wildman–Crippen MR) is 98.7 cm³/mol. The minimum atomic E-state index is -0.316. The van der Waals surface area contributed by atoms with Crippen LogP contribution in [0.4, 0.5) is 10.1 Å². The SMILES string of the molecule is C[C@@H]1CCc2sc(C(=O)NNC(=S)Nc3ccc(F)cc3)cc2C1. The highest BCUT2D eigenvalue weighted by atomic mass is 32.1. The largest absolute Gasteiger partial charge is 0.331 e. The van der Waals surface area contributed by atoms with Gasteiger partial charge in [0, 0.05) is 10.6 Å². The second-order valence-corrected chi connectivity index (χ2v) is 7.49. The van der Waals surface area contributed by atoms with Gasteiger partial charge in [-0.05, 0) is 73.3 Å². The second-order valence-electron chi connectivity index (χ2n) is 5.95. The van der Waals surface area contributed by atoms with E-state index in [0.717, 1.165) is 12.8 Å². The highest BCUT2D eigenvalue weighted by molar-refractivity contribution is 7.80. The number of carbonyl (C=O) groups is 1. The van der Waals surface area contributed by atoms with Crippen molar-refractivity contribution in [1.29, 1.82) is 0 Å². The number of thiophene rings is 1. The first kappa shape index (κ1) is 16.9. The van der Waals surface area contributed by atoms with Crippen LogP contribution < -0.4 is 16.2 Å². The smallest absolute Gasteiger partial charge is 0.279 e. The molecule has 3 N–H and O–H groups in total. The van der Waals surface area contributed by atoms with E-state index in [9.17, 15) is 9.18 Å². The Kier molecular flexibility index (Phi) is 5.11. The lowest BCUT2D eigenvalue weighted by Gasteiger charge is -2.16. The molecule has 0 saturated heterocycles. The standard InChI is InChI=1S/C17H18FN3OS2/c1-10-2-7-14-11(8-10)9-15(24-14)16(22)20-21-17(23)19-13-5-3-12(18)4-6-13/h3-6,9-10H,2,7-8H2,1H3,(H,20,22)(H2,19,21,23)/t10-/m1/s1. The second kappa shape index (κ2) is 7.27. The van der Waals surface area contributed by atoms with Gasteiger partial charge >= 0.3 is 0 Å². The van der Waals surface area contributed by atoms with E-state index in [1.54, 1.807) is 23.5 Å². The summed E-state index contributed by atoms with van der Waals surface area (Å²) in [6, 6.07) is 7.78. The van der Waals surface area contributed by atoms with Gasteiger partial charge in [-0.3, -0.25) is 15.6 Å². The van der Waals surface area contributed by atoms with Gasteiger partial charge in [-0.25, -0.2) is 4.39 Å². The van der Waals surface area contributed by atoms with Gasteiger partial charge < -0.3 is 5.32 Å². The Bertz CT molecular complexity index is 758.